The maximum absolute atomic E-state index is 11.8. The highest BCUT2D eigenvalue weighted by molar-refractivity contribution is 6.37. The molecule has 1 unspecified atom stereocenters. The Kier molecular flexibility index (Phi) is 3.26. The second-order valence-electron chi connectivity index (χ2n) is 5.68. The van der Waals surface area contributed by atoms with E-state index in [1.54, 1.807) is 0 Å². The van der Waals surface area contributed by atoms with Crippen molar-refractivity contribution in [3.8, 4) is 0 Å². The molecule has 2 aliphatic rings. The number of carbonyl (C=O) groups excluding carboxylic acids is 1. The van der Waals surface area contributed by atoms with Gasteiger partial charge in [0.05, 0.1) is 24.5 Å². The van der Waals surface area contributed by atoms with Gasteiger partial charge in [0.1, 0.15) is 5.71 Å². The number of hydrogen-bond donors (Lipinski definition) is 0. The van der Waals surface area contributed by atoms with Gasteiger partial charge in [0.15, 0.2) is 0 Å². The van der Waals surface area contributed by atoms with Crippen molar-refractivity contribution in [3.63, 3.8) is 0 Å². The van der Waals surface area contributed by atoms with E-state index < -0.39 is 0 Å². The Morgan fingerprint density at radius 1 is 1.09 bits per heavy atom. The number of nitrogens with zero attached hydrogens (tertiary/aromatic N) is 3. The smallest absolute Gasteiger partial charge is 0.354 e. The van der Waals surface area contributed by atoms with Crippen molar-refractivity contribution in [1.29, 1.82) is 0 Å². The summed E-state index contributed by atoms with van der Waals surface area (Å²) >= 11 is 0. The third-order valence-corrected chi connectivity index (χ3v) is 4.30. The van der Waals surface area contributed by atoms with Gasteiger partial charge in [-0.25, -0.2) is 4.79 Å². The van der Waals surface area contributed by atoms with Crippen LogP contribution in [-0.2, 0) is 9.53 Å². The van der Waals surface area contributed by atoms with Crippen LogP contribution in [0.15, 0.2) is 59.7 Å². The lowest BCUT2D eigenvalue weighted by atomic mass is 10.0. The average Bonchev–Trinajstić information content (AvgIpc) is 3.05. The molecule has 0 radical (unpaired) electrons. The van der Waals surface area contributed by atoms with E-state index in [4.69, 9.17) is 4.74 Å². The Hall–Kier alpha value is -2.82. The summed E-state index contributed by atoms with van der Waals surface area (Å²) in [6.07, 6.45) is 0.602. The number of rotatable bonds is 2. The fraction of sp³-hybridized carbons (Fsp3) is 0.222. The van der Waals surface area contributed by atoms with E-state index in [2.05, 4.69) is 28.2 Å². The first-order chi connectivity index (χ1) is 11.3. The summed E-state index contributed by atoms with van der Waals surface area (Å²) in [5.74, 6) is -0.344. The highest BCUT2D eigenvalue weighted by atomic mass is 16.5. The lowest BCUT2D eigenvalue weighted by molar-refractivity contribution is -0.132. The van der Waals surface area contributed by atoms with Gasteiger partial charge in [0.2, 0.25) is 0 Å². The van der Waals surface area contributed by atoms with Crippen molar-refractivity contribution in [3.05, 3.63) is 54.6 Å². The molecule has 2 heterocycles. The molecule has 0 spiro atoms. The molecule has 2 aromatic rings. The Morgan fingerprint density at radius 2 is 1.78 bits per heavy atom. The Bertz CT molecular complexity index is 773. The molecule has 2 aliphatic heterocycles. The van der Waals surface area contributed by atoms with Crippen molar-refractivity contribution < 1.29 is 9.53 Å². The van der Waals surface area contributed by atoms with Gasteiger partial charge < -0.3 is 9.64 Å². The molecular formula is C18H17N3O2. The van der Waals surface area contributed by atoms with Crippen LogP contribution in [0.25, 0.3) is 0 Å². The normalized spacial score (nSPS) is 19.0. The largest absolute Gasteiger partial charge is 0.464 e. The van der Waals surface area contributed by atoms with Crippen LogP contribution < -0.4 is 9.91 Å². The Labute approximate surface area is 134 Å². The zero-order valence-corrected chi connectivity index (χ0v) is 12.8. The number of para-hydroxylation sites is 3. The molecule has 0 fully saturated rings. The molecule has 0 aliphatic carbocycles. The molecule has 5 heteroatoms. The Morgan fingerprint density at radius 3 is 2.52 bits per heavy atom. The van der Waals surface area contributed by atoms with Gasteiger partial charge in [0, 0.05) is 18.7 Å². The molecule has 116 valence electrons. The molecule has 0 saturated carbocycles. The molecule has 0 amide bonds. The molecule has 0 aromatic heterocycles. The Balaban J connectivity index is 1.76. The van der Waals surface area contributed by atoms with E-state index in [1.807, 2.05) is 41.4 Å². The van der Waals surface area contributed by atoms with Gasteiger partial charge in [-0.05, 0) is 24.3 Å². The summed E-state index contributed by atoms with van der Waals surface area (Å²) in [4.78, 5) is 14.1. The average molecular weight is 307 g/mol. The second kappa shape index (κ2) is 5.43. The van der Waals surface area contributed by atoms with Crippen molar-refractivity contribution in [2.75, 3.05) is 23.6 Å². The summed E-state index contributed by atoms with van der Waals surface area (Å²) in [5.41, 5.74) is 3.75. The van der Waals surface area contributed by atoms with Crippen LogP contribution in [0.3, 0.4) is 0 Å². The highest BCUT2D eigenvalue weighted by Gasteiger charge is 2.38. The molecule has 2 aromatic carbocycles. The SMILES string of the molecule is COC(=O)C1=NN2c3ccccc3N(c3ccccc3)CC2C1. The maximum Gasteiger partial charge on any atom is 0.354 e. The zero-order valence-electron chi connectivity index (χ0n) is 12.8. The van der Waals surface area contributed by atoms with E-state index in [0.717, 1.165) is 23.6 Å². The van der Waals surface area contributed by atoms with E-state index in [0.29, 0.717) is 12.1 Å². The van der Waals surface area contributed by atoms with Crippen molar-refractivity contribution in [1.82, 2.24) is 0 Å². The van der Waals surface area contributed by atoms with Crippen LogP contribution in [0, 0.1) is 0 Å². The molecule has 0 bridgehead atoms. The fourth-order valence-corrected chi connectivity index (χ4v) is 3.24. The van der Waals surface area contributed by atoms with Gasteiger partial charge in [0.25, 0.3) is 0 Å². The standard InChI is InChI=1S/C18H17N3O2/c1-23-18(22)15-11-14-12-20(13-7-3-2-4-8-13)16-9-5-6-10-17(16)21(14)19-15/h2-10,14H,11-12H2,1H3. The molecule has 0 saturated heterocycles. The van der Waals surface area contributed by atoms with E-state index in [1.165, 1.54) is 7.11 Å². The molecule has 1 atom stereocenters. The predicted molar refractivity (Wildman–Crippen MR) is 90.2 cm³/mol. The van der Waals surface area contributed by atoms with Crippen molar-refractivity contribution >= 4 is 28.7 Å². The van der Waals surface area contributed by atoms with Gasteiger partial charge in [-0.15, -0.1) is 0 Å². The maximum atomic E-state index is 11.8. The number of methoxy groups -OCH3 is 1. The lowest BCUT2D eigenvalue weighted by Crippen LogP contribution is -2.42. The molecule has 23 heavy (non-hydrogen) atoms. The molecule has 4 rings (SSSR count). The van der Waals surface area contributed by atoms with Gasteiger partial charge >= 0.3 is 5.97 Å². The monoisotopic (exact) mass is 307 g/mol. The van der Waals surface area contributed by atoms with Crippen molar-refractivity contribution in [2.45, 2.75) is 12.5 Å². The summed E-state index contributed by atoms with van der Waals surface area (Å²) in [7, 11) is 1.40. The van der Waals surface area contributed by atoms with Crippen molar-refractivity contribution in [2.24, 2.45) is 5.10 Å². The van der Waals surface area contributed by atoms with E-state index in [9.17, 15) is 4.79 Å². The lowest BCUT2D eigenvalue weighted by Gasteiger charge is -2.39. The topological polar surface area (TPSA) is 45.1 Å². The number of esters is 1. The summed E-state index contributed by atoms with van der Waals surface area (Å²) in [6, 6.07) is 18.6. The van der Waals surface area contributed by atoms with Crippen LogP contribution in [0.2, 0.25) is 0 Å². The van der Waals surface area contributed by atoms with E-state index >= 15 is 0 Å². The number of anilines is 3. The van der Waals surface area contributed by atoms with Crippen LogP contribution in [0.5, 0.6) is 0 Å². The van der Waals surface area contributed by atoms with Crippen LogP contribution in [0.4, 0.5) is 17.1 Å². The van der Waals surface area contributed by atoms with E-state index in [-0.39, 0.29) is 12.0 Å². The first-order valence-corrected chi connectivity index (χ1v) is 7.64. The first-order valence-electron chi connectivity index (χ1n) is 7.64. The predicted octanol–water partition coefficient (Wildman–Crippen LogP) is 2.95. The summed E-state index contributed by atoms with van der Waals surface area (Å²) in [6.45, 7) is 0.783. The van der Waals surface area contributed by atoms with Gasteiger partial charge in [-0.2, -0.15) is 5.10 Å². The zero-order chi connectivity index (χ0) is 15.8. The minimum absolute atomic E-state index is 0.138. The van der Waals surface area contributed by atoms with Gasteiger partial charge in [-0.3, -0.25) is 5.01 Å². The first kappa shape index (κ1) is 13.8. The number of carbonyl (C=O) groups is 1. The minimum atomic E-state index is -0.344. The third-order valence-electron chi connectivity index (χ3n) is 4.30. The number of fused-ring (bicyclic) bond motifs is 3. The molecule has 0 N–H and O–H groups in total. The summed E-state index contributed by atoms with van der Waals surface area (Å²) in [5, 5.41) is 6.46. The third kappa shape index (κ3) is 2.25. The quantitative estimate of drug-likeness (QED) is 0.800. The minimum Gasteiger partial charge on any atom is -0.464 e. The molecular weight excluding hydrogens is 290 g/mol. The number of hydrazone groups is 1. The van der Waals surface area contributed by atoms with Crippen LogP contribution in [0.1, 0.15) is 6.42 Å². The van der Waals surface area contributed by atoms with Crippen LogP contribution in [-0.4, -0.2) is 31.4 Å². The summed E-state index contributed by atoms with van der Waals surface area (Å²) < 4.78 is 4.83. The number of benzene rings is 2. The second-order valence-corrected chi connectivity index (χ2v) is 5.68. The molecule has 5 nitrogen and oxygen atoms in total. The highest BCUT2D eigenvalue weighted by Crippen LogP contribution is 2.42. The number of ether oxygens (including phenoxy) is 1. The van der Waals surface area contributed by atoms with Gasteiger partial charge in [-0.1, -0.05) is 30.3 Å². The fourth-order valence-electron chi connectivity index (χ4n) is 3.24. The van der Waals surface area contributed by atoms with Crippen LogP contribution >= 0.6 is 0 Å². The number of hydrogen-bond acceptors (Lipinski definition) is 5.